The molecule has 0 aliphatic rings. The van der Waals surface area contributed by atoms with E-state index in [0.29, 0.717) is 0 Å². The summed E-state index contributed by atoms with van der Waals surface area (Å²) < 4.78 is 1.51. The first-order valence-electron chi connectivity index (χ1n) is 1.75. The second-order valence-corrected chi connectivity index (χ2v) is 4.79. The zero-order chi connectivity index (χ0) is 4.41. The van der Waals surface area contributed by atoms with Gasteiger partial charge in [-0.3, -0.25) is 0 Å². The summed E-state index contributed by atoms with van der Waals surface area (Å²) in [4.78, 5) is 0. The van der Waals surface area contributed by atoms with E-state index >= 15 is 0 Å². The molecule has 0 aliphatic heterocycles. The zero-order valence-corrected chi connectivity index (χ0v) is 9.87. The molecule has 0 bridgehead atoms. The predicted octanol–water partition coefficient (Wildman–Crippen LogP) is 1.54. The Kier molecular flexibility index (Phi) is 4.58. The van der Waals surface area contributed by atoms with Crippen LogP contribution in [0.1, 0.15) is 0 Å². The fourth-order valence-corrected chi connectivity index (χ4v) is 1.69. The quantitative estimate of drug-likeness (QED) is 0.498. The van der Waals surface area contributed by atoms with Crippen LogP contribution in [0.25, 0.3) is 0 Å². The first-order valence-corrected chi connectivity index (χ1v) is 4.11. The van der Waals surface area contributed by atoms with Gasteiger partial charge < -0.3 is 0 Å². The van der Waals surface area contributed by atoms with Crippen molar-refractivity contribution in [1.82, 2.24) is 0 Å². The van der Waals surface area contributed by atoms with Gasteiger partial charge in [-0.15, -0.1) is 24.0 Å². The molecule has 0 unspecified atom stereocenters. The van der Waals surface area contributed by atoms with E-state index in [1.54, 1.807) is 0 Å². The standard InChI is InChI=1S/C4H3S.HI.Zn/c1-2-4-5-3-1;;/h1-3H;1H;. The third-order valence-corrected chi connectivity index (χ3v) is 2.86. The second-order valence-electron chi connectivity index (χ2n) is 1.08. The number of hydrogen-bond acceptors (Lipinski definition) is 1. The summed E-state index contributed by atoms with van der Waals surface area (Å²) in [5.41, 5.74) is 0. The van der Waals surface area contributed by atoms with Gasteiger partial charge in [0.1, 0.15) is 0 Å². The fraction of sp³-hybridized carbons (Fsp3) is 0. The Bertz CT molecular complexity index is 115. The van der Waals surface area contributed by atoms with Crippen LogP contribution in [0.2, 0.25) is 0 Å². The third kappa shape index (κ3) is 2.78. The Hall–Kier alpha value is 1.05. The molecule has 0 aromatic carbocycles. The van der Waals surface area contributed by atoms with Crippen molar-refractivity contribution >= 4 is 38.8 Å². The van der Waals surface area contributed by atoms with Gasteiger partial charge in [-0.25, -0.2) is 0 Å². The van der Waals surface area contributed by atoms with Crippen LogP contribution in [-0.2, 0) is 18.3 Å². The fourth-order valence-electron chi connectivity index (χ4n) is 0.313. The van der Waals surface area contributed by atoms with Crippen LogP contribution in [0.5, 0.6) is 0 Å². The van der Waals surface area contributed by atoms with Gasteiger partial charge in [-0.05, 0) is 0 Å². The predicted molar refractivity (Wildman–Crippen MR) is 39.4 cm³/mol. The summed E-state index contributed by atoms with van der Waals surface area (Å²) in [7, 11) is 0. The maximum absolute atomic E-state index is 2.16. The Morgan fingerprint density at radius 1 is 1.57 bits per heavy atom. The molecule has 0 spiro atoms. The molecule has 35 valence electrons. The molecular weight excluding hydrogens is 272 g/mol. The number of thiophene rings is 1. The molecular formula is C4H4ISZn. The van der Waals surface area contributed by atoms with Crippen molar-refractivity contribution in [1.29, 1.82) is 0 Å². The monoisotopic (exact) mass is 275 g/mol. The van der Waals surface area contributed by atoms with Crippen LogP contribution in [0.4, 0.5) is 0 Å². The number of hydrogen-bond donors (Lipinski definition) is 0. The number of halogens is 1. The Labute approximate surface area is 74.0 Å². The summed E-state index contributed by atoms with van der Waals surface area (Å²) >= 11 is 3.14. The number of rotatable bonds is 0. The van der Waals surface area contributed by atoms with Crippen molar-refractivity contribution in [3.63, 3.8) is 0 Å². The average Bonchev–Trinajstić information content (AvgIpc) is 1.86. The summed E-state index contributed by atoms with van der Waals surface area (Å²) in [6.45, 7) is 0. The molecule has 1 aromatic heterocycles. The molecule has 0 amide bonds. The van der Waals surface area contributed by atoms with Gasteiger partial charge >= 0.3 is 50.6 Å². The van der Waals surface area contributed by atoms with Gasteiger partial charge in [0.05, 0.1) is 0 Å². The van der Waals surface area contributed by atoms with Gasteiger partial charge in [-0.1, -0.05) is 0 Å². The molecule has 1 rings (SSSR count). The van der Waals surface area contributed by atoms with Gasteiger partial charge in [-0.2, -0.15) is 0 Å². The topological polar surface area (TPSA) is 0 Å². The van der Waals surface area contributed by atoms with Crippen LogP contribution >= 0.6 is 35.3 Å². The first kappa shape index (κ1) is 8.05. The van der Waals surface area contributed by atoms with Gasteiger partial charge in [0, 0.05) is 0 Å². The molecule has 0 saturated carbocycles. The molecule has 1 aromatic rings. The summed E-state index contributed by atoms with van der Waals surface area (Å²) in [5, 5.41) is 2.11. The van der Waals surface area contributed by atoms with Crippen molar-refractivity contribution < 1.29 is 18.3 Å². The van der Waals surface area contributed by atoms with Crippen molar-refractivity contribution in [3.8, 4) is 0 Å². The SMILES string of the molecule is I.[Zn][c]1cccs1. The van der Waals surface area contributed by atoms with Crippen molar-refractivity contribution in [2.75, 3.05) is 0 Å². The third-order valence-electron chi connectivity index (χ3n) is 0.580. The zero-order valence-electron chi connectivity index (χ0n) is 3.76. The summed E-state index contributed by atoms with van der Waals surface area (Å²) in [5.74, 6) is 0. The van der Waals surface area contributed by atoms with Crippen LogP contribution < -0.4 is 3.47 Å². The maximum atomic E-state index is 2.16. The molecule has 0 saturated heterocycles. The van der Waals surface area contributed by atoms with Gasteiger partial charge in [0.25, 0.3) is 0 Å². The molecule has 7 heavy (non-hydrogen) atoms. The molecule has 0 radical (unpaired) electrons. The molecule has 3 heteroatoms. The normalized spacial score (nSPS) is 7.71. The van der Waals surface area contributed by atoms with Crippen LogP contribution in [0, 0.1) is 0 Å². The summed E-state index contributed by atoms with van der Waals surface area (Å²) in [6, 6.07) is 4.24. The van der Waals surface area contributed by atoms with Crippen LogP contribution in [0.15, 0.2) is 17.5 Å². The summed E-state index contributed by atoms with van der Waals surface area (Å²) in [6.07, 6.45) is 0. The molecule has 1 heterocycles. The molecule has 0 atom stereocenters. The van der Waals surface area contributed by atoms with Crippen molar-refractivity contribution in [3.05, 3.63) is 17.5 Å². The Balaban J connectivity index is 0.000000360. The molecule has 0 fully saturated rings. The minimum absolute atomic E-state index is 0. The Morgan fingerprint density at radius 2 is 2.29 bits per heavy atom. The first-order chi connectivity index (χ1) is 2.89. The Morgan fingerprint density at radius 3 is 2.43 bits per heavy atom. The van der Waals surface area contributed by atoms with E-state index in [2.05, 4.69) is 17.5 Å². The van der Waals surface area contributed by atoms with Crippen LogP contribution in [0.3, 0.4) is 0 Å². The van der Waals surface area contributed by atoms with Gasteiger partial charge in [0.15, 0.2) is 0 Å². The van der Waals surface area contributed by atoms with E-state index in [4.69, 9.17) is 0 Å². The van der Waals surface area contributed by atoms with E-state index in [9.17, 15) is 0 Å². The van der Waals surface area contributed by atoms with Gasteiger partial charge in [0.2, 0.25) is 0 Å². The van der Waals surface area contributed by atoms with Crippen molar-refractivity contribution in [2.24, 2.45) is 0 Å². The molecule has 0 N–H and O–H groups in total. The minimum atomic E-state index is 0. The van der Waals surface area contributed by atoms with E-state index in [0.717, 1.165) is 0 Å². The van der Waals surface area contributed by atoms with Crippen LogP contribution in [-0.4, -0.2) is 0 Å². The van der Waals surface area contributed by atoms with E-state index < -0.39 is 0 Å². The van der Waals surface area contributed by atoms with Crippen molar-refractivity contribution in [2.45, 2.75) is 0 Å². The van der Waals surface area contributed by atoms with E-state index in [1.807, 2.05) is 11.3 Å². The molecule has 0 nitrogen and oxygen atoms in total. The van der Waals surface area contributed by atoms with E-state index in [1.165, 1.54) is 21.8 Å². The van der Waals surface area contributed by atoms with E-state index in [-0.39, 0.29) is 24.0 Å². The molecule has 0 aliphatic carbocycles. The average molecular weight is 276 g/mol. The second kappa shape index (κ2) is 3.99.